The molecular weight excluding hydrogens is 1160 g/mol. The molecule has 0 aromatic heterocycles. The minimum atomic E-state index is -4.95. The Bertz CT molecular complexity index is 1750. The van der Waals surface area contributed by atoms with E-state index in [0.717, 1.165) is 108 Å². The predicted octanol–water partition coefficient (Wildman–Crippen LogP) is 19.3. The lowest BCUT2D eigenvalue weighted by molar-refractivity contribution is -0.161. The van der Waals surface area contributed by atoms with E-state index in [0.29, 0.717) is 31.6 Å². The number of carbonyl (C=O) groups excluding carboxylic acids is 4. The molecule has 5 atom stereocenters. The maximum atomic E-state index is 13.0. The van der Waals surface area contributed by atoms with Crippen LogP contribution in [0.15, 0.2) is 0 Å². The summed E-state index contributed by atoms with van der Waals surface area (Å²) >= 11 is 0. The van der Waals surface area contributed by atoms with Crippen molar-refractivity contribution in [2.45, 2.75) is 356 Å². The molecule has 0 aliphatic rings. The van der Waals surface area contributed by atoms with E-state index in [1.807, 2.05) is 0 Å². The minimum absolute atomic E-state index is 0.101. The van der Waals surface area contributed by atoms with Gasteiger partial charge in [0.15, 0.2) is 12.2 Å². The van der Waals surface area contributed by atoms with E-state index >= 15 is 0 Å². The van der Waals surface area contributed by atoms with Crippen molar-refractivity contribution in [2.75, 3.05) is 39.6 Å². The Morgan fingerprint density at radius 2 is 0.477 bits per heavy atom. The molecule has 0 amide bonds. The smallest absolute Gasteiger partial charge is 0.462 e. The monoisotopic (exact) mass is 1300 g/mol. The number of hydrogen-bond acceptors (Lipinski definition) is 15. The zero-order chi connectivity index (χ0) is 65.4. The Labute approximate surface area is 537 Å². The second-order valence-corrected chi connectivity index (χ2v) is 29.7. The van der Waals surface area contributed by atoms with Crippen molar-refractivity contribution in [3.63, 3.8) is 0 Å². The number of unbranched alkanes of at least 4 members (excludes halogenated alkanes) is 32. The summed E-state index contributed by atoms with van der Waals surface area (Å²) in [4.78, 5) is 72.4. The normalized spacial score (nSPS) is 14.3. The first-order chi connectivity index (χ1) is 42.1. The van der Waals surface area contributed by atoms with Crippen LogP contribution >= 0.6 is 15.6 Å². The van der Waals surface area contributed by atoms with Crippen molar-refractivity contribution in [3.05, 3.63) is 0 Å². The molecule has 3 unspecified atom stereocenters. The number of phosphoric ester groups is 2. The van der Waals surface area contributed by atoms with Crippen molar-refractivity contribution in [2.24, 2.45) is 23.7 Å². The molecule has 0 rings (SSSR count). The first-order valence-corrected chi connectivity index (χ1v) is 38.7. The summed E-state index contributed by atoms with van der Waals surface area (Å²) in [6.07, 6.45) is 40.6. The predicted molar refractivity (Wildman–Crippen MR) is 354 cm³/mol. The number of rotatable bonds is 66. The zero-order valence-electron chi connectivity index (χ0n) is 57.3. The standard InChI is InChI=1S/C69H134O17P2/c1-59(2)45-37-29-21-15-12-10-9-11-13-17-24-33-41-49-66(71)79-55-64(85-68(73)51-43-35-26-18-14-16-22-30-38-46-60(3)4)57-83-87(75,76)81-53-63(70)54-82-88(77,78)84-58-65(86-69(74)52-44-36-28-27-32-40-48-62(7)8)56-80-67(72)50-42-34-25-20-19-23-31-39-47-61(5)6/h59-65,70H,9-58H2,1-8H3,(H,75,76)(H,77,78)/t63?,64-,65-/m1/s1. The lowest BCUT2D eigenvalue weighted by atomic mass is 10.0. The molecule has 88 heavy (non-hydrogen) atoms. The molecule has 0 saturated heterocycles. The highest BCUT2D eigenvalue weighted by Crippen LogP contribution is 2.45. The number of carbonyl (C=O) groups is 4. The molecule has 522 valence electrons. The van der Waals surface area contributed by atoms with E-state index in [4.69, 9.17) is 37.0 Å². The van der Waals surface area contributed by atoms with Gasteiger partial charge in [-0.2, -0.15) is 0 Å². The molecule has 0 aliphatic heterocycles. The highest BCUT2D eigenvalue weighted by atomic mass is 31.2. The summed E-state index contributed by atoms with van der Waals surface area (Å²) in [5.41, 5.74) is 0. The van der Waals surface area contributed by atoms with Gasteiger partial charge in [0, 0.05) is 25.7 Å². The van der Waals surface area contributed by atoms with E-state index in [2.05, 4.69) is 55.4 Å². The molecule has 0 fully saturated rings. The van der Waals surface area contributed by atoms with Crippen molar-refractivity contribution in [3.8, 4) is 0 Å². The van der Waals surface area contributed by atoms with E-state index in [1.54, 1.807) is 0 Å². The topological polar surface area (TPSA) is 237 Å². The van der Waals surface area contributed by atoms with Gasteiger partial charge in [-0.1, -0.05) is 287 Å². The first kappa shape index (κ1) is 86.1. The van der Waals surface area contributed by atoms with Crippen LogP contribution in [-0.4, -0.2) is 96.7 Å². The fourth-order valence-electron chi connectivity index (χ4n) is 10.3. The van der Waals surface area contributed by atoms with Gasteiger partial charge in [0.05, 0.1) is 26.4 Å². The first-order valence-electron chi connectivity index (χ1n) is 35.7. The molecule has 0 saturated carbocycles. The molecule has 0 bridgehead atoms. The average molecular weight is 1300 g/mol. The van der Waals surface area contributed by atoms with Gasteiger partial charge >= 0.3 is 39.5 Å². The van der Waals surface area contributed by atoms with Crippen LogP contribution in [0.1, 0.15) is 338 Å². The van der Waals surface area contributed by atoms with Gasteiger partial charge in [0.2, 0.25) is 0 Å². The lowest BCUT2D eigenvalue weighted by Gasteiger charge is -2.21. The Hall–Kier alpha value is -1.94. The number of phosphoric acid groups is 2. The Kier molecular flexibility index (Phi) is 57.6. The van der Waals surface area contributed by atoms with Crippen LogP contribution in [-0.2, 0) is 65.4 Å². The summed E-state index contributed by atoms with van der Waals surface area (Å²) in [6, 6.07) is 0. The molecular formula is C69H134O17P2. The van der Waals surface area contributed by atoms with Crippen LogP contribution in [0, 0.1) is 23.7 Å². The molecule has 0 heterocycles. The molecule has 0 radical (unpaired) electrons. The quantitative estimate of drug-likeness (QED) is 0.0222. The Morgan fingerprint density at radius 1 is 0.284 bits per heavy atom. The van der Waals surface area contributed by atoms with Gasteiger partial charge in [-0.05, 0) is 49.4 Å². The van der Waals surface area contributed by atoms with Crippen LogP contribution in [0.3, 0.4) is 0 Å². The van der Waals surface area contributed by atoms with Gasteiger partial charge in [0.25, 0.3) is 0 Å². The van der Waals surface area contributed by atoms with Crippen LogP contribution in [0.2, 0.25) is 0 Å². The van der Waals surface area contributed by atoms with E-state index in [9.17, 15) is 43.2 Å². The van der Waals surface area contributed by atoms with Gasteiger partial charge in [0.1, 0.15) is 19.3 Å². The molecule has 19 heteroatoms. The van der Waals surface area contributed by atoms with Gasteiger partial charge in [-0.3, -0.25) is 37.3 Å². The number of aliphatic hydroxyl groups excluding tert-OH is 1. The highest BCUT2D eigenvalue weighted by molar-refractivity contribution is 7.47. The summed E-state index contributed by atoms with van der Waals surface area (Å²) in [5.74, 6) is 0.788. The van der Waals surface area contributed by atoms with Crippen LogP contribution < -0.4 is 0 Å². The number of aliphatic hydroxyl groups is 1. The van der Waals surface area contributed by atoms with Crippen molar-refractivity contribution in [1.29, 1.82) is 0 Å². The average Bonchev–Trinajstić information content (AvgIpc) is 3.55. The third-order valence-electron chi connectivity index (χ3n) is 15.8. The third-order valence-corrected chi connectivity index (χ3v) is 17.7. The second kappa shape index (κ2) is 58.8. The molecule has 0 aromatic carbocycles. The largest absolute Gasteiger partial charge is 0.472 e. The van der Waals surface area contributed by atoms with Crippen LogP contribution in [0.4, 0.5) is 0 Å². The maximum Gasteiger partial charge on any atom is 0.472 e. The van der Waals surface area contributed by atoms with Crippen LogP contribution in [0.25, 0.3) is 0 Å². The Balaban J connectivity index is 5.22. The minimum Gasteiger partial charge on any atom is -0.462 e. The fraction of sp³-hybridized carbons (Fsp3) is 0.942. The van der Waals surface area contributed by atoms with Crippen molar-refractivity contribution >= 4 is 39.5 Å². The van der Waals surface area contributed by atoms with E-state index in [-0.39, 0.29) is 25.7 Å². The molecule has 0 spiro atoms. The number of esters is 4. The second-order valence-electron chi connectivity index (χ2n) is 26.8. The maximum absolute atomic E-state index is 13.0. The highest BCUT2D eigenvalue weighted by Gasteiger charge is 2.30. The third kappa shape index (κ3) is 62.8. The van der Waals surface area contributed by atoms with Crippen LogP contribution in [0.5, 0.6) is 0 Å². The fourth-order valence-corrected chi connectivity index (χ4v) is 11.9. The van der Waals surface area contributed by atoms with Gasteiger partial charge < -0.3 is 33.8 Å². The summed E-state index contributed by atoms with van der Waals surface area (Å²) in [6.45, 7) is 14.0. The zero-order valence-corrected chi connectivity index (χ0v) is 59.1. The SMILES string of the molecule is CC(C)CCCCCCCCCCCCCCCC(=O)OC[C@H](COP(=O)(O)OCC(O)COP(=O)(O)OC[C@@H](COC(=O)CCCCCCCCCCC(C)C)OC(=O)CCCCCCCCC(C)C)OC(=O)CCCCCCCCCCCC(C)C. The Morgan fingerprint density at radius 3 is 0.705 bits per heavy atom. The summed E-state index contributed by atoms with van der Waals surface area (Å²) in [5, 5.41) is 10.6. The molecule has 3 N–H and O–H groups in total. The van der Waals surface area contributed by atoms with Crippen molar-refractivity contribution < 1.29 is 80.2 Å². The molecule has 17 nitrogen and oxygen atoms in total. The van der Waals surface area contributed by atoms with Gasteiger partial charge in [-0.15, -0.1) is 0 Å². The number of ether oxygens (including phenoxy) is 4. The van der Waals surface area contributed by atoms with E-state index in [1.165, 1.54) is 141 Å². The van der Waals surface area contributed by atoms with Gasteiger partial charge in [-0.25, -0.2) is 9.13 Å². The number of hydrogen-bond donors (Lipinski definition) is 3. The van der Waals surface area contributed by atoms with Crippen molar-refractivity contribution in [1.82, 2.24) is 0 Å². The van der Waals surface area contributed by atoms with E-state index < -0.39 is 97.5 Å². The lowest BCUT2D eigenvalue weighted by Crippen LogP contribution is -2.30. The molecule has 0 aromatic rings. The molecule has 0 aliphatic carbocycles. The summed E-state index contributed by atoms with van der Waals surface area (Å²) < 4.78 is 68.2. The summed E-state index contributed by atoms with van der Waals surface area (Å²) in [7, 11) is -9.90.